The summed E-state index contributed by atoms with van der Waals surface area (Å²) in [4.78, 5) is 11.1. The molecule has 7 nitrogen and oxygen atoms in total. The molecule has 0 aromatic heterocycles. The van der Waals surface area contributed by atoms with Gasteiger partial charge in [0.05, 0.1) is 12.0 Å². The molecule has 2 fully saturated rings. The minimum absolute atomic E-state index is 0. The Morgan fingerprint density at radius 3 is 1.67 bits per heavy atom. The SMILES string of the molecule is C1CCCC1.C1CCCC1.C=C[C+](C)CO.[CH-]=CCCC(=O)OCc1ccccc1.[O-][Cl+3]([O-])([O-])[O-].[Zr]. The van der Waals surface area contributed by atoms with Crippen molar-refractivity contribution in [1.29, 1.82) is 0 Å². The quantitative estimate of drug-likeness (QED) is 0.372. The van der Waals surface area contributed by atoms with Crippen LogP contribution < -0.4 is 18.6 Å². The fourth-order valence-corrected chi connectivity index (χ4v) is 2.84. The standard InChI is InChI=1S/C12H13O2.C5H9O.2C5H10.ClHO4.Zr/c1-2-3-9-12(13)14-10-11-7-5-4-6-8-11;1-3-5(2)4-6;2*1-2-4-5-3-1;2-1(3,4)5;/h1-2,4-8H,3,9-10H2;3,6H,1,4H2,2H3;2*1-5H2;(H,2,3,4,5);/q-1;+1;;;;/p-1. The Morgan fingerprint density at radius 2 is 1.39 bits per heavy atom. The molecule has 1 N–H and O–H groups in total. The molecular weight excluding hydrogens is 563 g/mol. The summed E-state index contributed by atoms with van der Waals surface area (Å²) in [6.45, 7) is 10.9. The smallest absolute Gasteiger partial charge is 0.306 e. The van der Waals surface area contributed by atoms with Crippen molar-refractivity contribution in [3.05, 3.63) is 67.1 Å². The molecule has 0 saturated heterocycles. The van der Waals surface area contributed by atoms with E-state index in [0.29, 0.717) is 19.4 Å². The number of carbonyl (C=O) groups is 1. The average molecular weight is 605 g/mol. The number of aliphatic hydroxyl groups is 1. The van der Waals surface area contributed by atoms with Gasteiger partial charge in [0.25, 0.3) is 0 Å². The van der Waals surface area contributed by atoms with E-state index in [-0.39, 0.29) is 38.8 Å². The van der Waals surface area contributed by atoms with Gasteiger partial charge in [0.2, 0.25) is 0 Å². The van der Waals surface area contributed by atoms with E-state index in [4.69, 9.17) is 35.1 Å². The molecule has 0 heterocycles. The normalized spacial score (nSPS) is 13.3. The van der Waals surface area contributed by atoms with Gasteiger partial charge < -0.3 is 16.4 Å². The van der Waals surface area contributed by atoms with E-state index >= 15 is 0 Å². The van der Waals surface area contributed by atoms with Crippen LogP contribution in [0.15, 0.2) is 49.1 Å². The summed E-state index contributed by atoms with van der Waals surface area (Å²) >= 11 is 0. The fraction of sp³-hybridized carbons (Fsp3) is 0.556. The van der Waals surface area contributed by atoms with E-state index in [9.17, 15) is 4.79 Å². The number of esters is 1. The molecule has 2 aliphatic rings. The topological polar surface area (TPSA) is 139 Å². The van der Waals surface area contributed by atoms with Crippen molar-refractivity contribution in [2.75, 3.05) is 6.61 Å². The third-order valence-corrected chi connectivity index (χ3v) is 4.86. The number of carbonyl (C=O) groups excluding carboxylic acids is 1. The van der Waals surface area contributed by atoms with Crippen molar-refractivity contribution in [3.63, 3.8) is 0 Å². The van der Waals surface area contributed by atoms with Gasteiger partial charge >= 0.3 is 5.97 Å². The van der Waals surface area contributed by atoms with Crippen molar-refractivity contribution in [1.82, 2.24) is 0 Å². The predicted molar refractivity (Wildman–Crippen MR) is 127 cm³/mol. The molecule has 3 rings (SSSR count). The zero-order valence-corrected chi connectivity index (χ0v) is 24.7. The Balaban J connectivity index is -0.000000414. The first-order valence-electron chi connectivity index (χ1n) is 12.0. The molecule has 204 valence electrons. The summed E-state index contributed by atoms with van der Waals surface area (Å²) in [7, 11) is -4.94. The van der Waals surface area contributed by atoms with Crippen LogP contribution in [0.1, 0.15) is 89.5 Å². The first-order valence-corrected chi connectivity index (χ1v) is 13.3. The second-order valence-corrected chi connectivity index (χ2v) is 8.80. The molecule has 2 aliphatic carbocycles. The maximum atomic E-state index is 11.1. The van der Waals surface area contributed by atoms with Gasteiger partial charge in [-0.15, -0.1) is 10.2 Å². The largest absolute Gasteiger partial charge is 0.518 e. The first kappa shape index (κ1) is 39.5. The van der Waals surface area contributed by atoms with Crippen LogP contribution in [0.4, 0.5) is 0 Å². The Hall–Kier alpha value is -0.987. The minimum Gasteiger partial charge on any atom is -0.518 e. The monoisotopic (exact) mass is 603 g/mol. The zero-order valence-electron chi connectivity index (χ0n) is 21.5. The number of hydrogen-bond donors (Lipinski definition) is 1. The number of ether oxygens (including phenoxy) is 1. The summed E-state index contributed by atoms with van der Waals surface area (Å²) < 4.78 is 39.0. The van der Waals surface area contributed by atoms with Gasteiger partial charge in [-0.3, -0.25) is 10.9 Å². The molecule has 9 heteroatoms. The van der Waals surface area contributed by atoms with Crippen molar-refractivity contribution < 1.29 is 69.7 Å². The van der Waals surface area contributed by atoms with Gasteiger partial charge in [0.1, 0.15) is 13.2 Å². The molecule has 0 amide bonds. The van der Waals surface area contributed by atoms with Crippen LogP contribution in [0.25, 0.3) is 0 Å². The number of hydrogen-bond acceptors (Lipinski definition) is 7. The molecule has 0 radical (unpaired) electrons. The maximum absolute atomic E-state index is 11.1. The predicted octanol–water partition coefficient (Wildman–Crippen LogP) is 2.40. The molecule has 1 aromatic rings. The summed E-state index contributed by atoms with van der Waals surface area (Å²) in [5.74, 6) is 0.700. The third kappa shape index (κ3) is 37.6. The average Bonchev–Trinajstić information content (AvgIpc) is 3.60. The second-order valence-electron chi connectivity index (χ2n) is 8.04. The number of benzene rings is 1. The van der Waals surface area contributed by atoms with E-state index < -0.39 is 10.2 Å². The number of allylic oxidation sites excluding steroid dienone is 1. The van der Waals surface area contributed by atoms with Gasteiger partial charge in [-0.1, -0.05) is 101 Å². The minimum atomic E-state index is -4.94. The van der Waals surface area contributed by atoms with E-state index in [2.05, 4.69) is 6.58 Å². The molecular formula is C27H42ClO7Zr-. The molecule has 36 heavy (non-hydrogen) atoms. The molecule has 0 unspecified atom stereocenters. The van der Waals surface area contributed by atoms with Crippen molar-refractivity contribution in [2.24, 2.45) is 0 Å². The summed E-state index contributed by atoms with van der Waals surface area (Å²) in [5, 5.41) is 8.23. The molecule has 0 aliphatic heterocycles. The fourth-order valence-electron chi connectivity index (χ4n) is 2.84. The van der Waals surface area contributed by atoms with Crippen LogP contribution >= 0.6 is 0 Å². The molecule has 0 spiro atoms. The van der Waals surface area contributed by atoms with Gasteiger partial charge in [0, 0.05) is 46.1 Å². The van der Waals surface area contributed by atoms with Crippen molar-refractivity contribution in [3.8, 4) is 0 Å². The van der Waals surface area contributed by atoms with Crippen LogP contribution in [-0.4, -0.2) is 17.7 Å². The van der Waals surface area contributed by atoms with Crippen LogP contribution in [-0.2, 0) is 42.3 Å². The molecule has 0 atom stereocenters. The molecule has 2 saturated carbocycles. The van der Waals surface area contributed by atoms with E-state index in [1.807, 2.05) is 37.3 Å². The number of aliphatic hydroxyl groups excluding tert-OH is 1. The van der Waals surface area contributed by atoms with Crippen LogP contribution in [0, 0.1) is 22.7 Å². The Bertz CT molecular complexity index is 585. The van der Waals surface area contributed by atoms with Crippen molar-refractivity contribution in [2.45, 2.75) is 90.6 Å². The molecule has 0 bridgehead atoms. The van der Waals surface area contributed by atoms with Crippen LogP contribution in [0.2, 0.25) is 0 Å². The van der Waals surface area contributed by atoms with Gasteiger partial charge in [-0.2, -0.15) is 0 Å². The van der Waals surface area contributed by atoms with Gasteiger partial charge in [0.15, 0.2) is 0 Å². The number of rotatable bonds is 7. The van der Waals surface area contributed by atoms with Crippen LogP contribution in [0.5, 0.6) is 0 Å². The summed E-state index contributed by atoms with van der Waals surface area (Å²) in [5.41, 5.74) is 0.998. The van der Waals surface area contributed by atoms with E-state index in [1.165, 1.54) is 70.3 Å². The maximum Gasteiger partial charge on any atom is 0.306 e. The van der Waals surface area contributed by atoms with E-state index in [0.717, 1.165) is 11.5 Å². The van der Waals surface area contributed by atoms with E-state index in [1.54, 1.807) is 6.08 Å². The Morgan fingerprint density at radius 1 is 1.00 bits per heavy atom. The van der Waals surface area contributed by atoms with Crippen molar-refractivity contribution >= 4 is 5.97 Å². The Labute approximate surface area is 239 Å². The van der Waals surface area contributed by atoms with Gasteiger partial charge in [-0.05, 0) is 5.56 Å². The summed E-state index contributed by atoms with van der Waals surface area (Å²) in [6, 6.07) is 9.59. The first-order chi connectivity index (χ1) is 16.6. The zero-order chi connectivity index (χ0) is 26.8. The third-order valence-electron chi connectivity index (χ3n) is 4.86. The second kappa shape index (κ2) is 28.6. The molecule has 1 aromatic carbocycles. The number of halogens is 1. The van der Waals surface area contributed by atoms with Gasteiger partial charge in [-0.25, -0.2) is 18.6 Å². The van der Waals surface area contributed by atoms with Crippen LogP contribution in [0.3, 0.4) is 0 Å². The summed E-state index contributed by atoms with van der Waals surface area (Å²) in [6.07, 6.45) is 19.0. The Kier molecular flexibility index (Phi) is 31.4.